The maximum absolute atomic E-state index is 12.7. The average molecular weight is 397 g/mol. The van der Waals surface area contributed by atoms with Gasteiger partial charge in [0.2, 0.25) is 5.91 Å². The second kappa shape index (κ2) is 8.94. The van der Waals surface area contributed by atoms with Crippen molar-refractivity contribution >= 4 is 11.8 Å². The minimum atomic E-state index is -4.51. The lowest BCUT2D eigenvalue weighted by atomic mass is 9.94. The van der Waals surface area contributed by atoms with Crippen LogP contribution in [0.3, 0.4) is 0 Å². The molecule has 1 saturated heterocycles. The van der Waals surface area contributed by atoms with Crippen LogP contribution >= 0.6 is 0 Å². The monoisotopic (exact) mass is 397 g/mol. The van der Waals surface area contributed by atoms with E-state index in [2.05, 4.69) is 15.5 Å². The van der Waals surface area contributed by atoms with Gasteiger partial charge in [0.15, 0.2) is 0 Å². The summed E-state index contributed by atoms with van der Waals surface area (Å²) in [5, 5.41) is 5.31. The van der Waals surface area contributed by atoms with Crippen LogP contribution in [0.1, 0.15) is 54.4 Å². The Balaban J connectivity index is 1.44. The molecule has 0 unspecified atom stereocenters. The van der Waals surface area contributed by atoms with Gasteiger partial charge in [0, 0.05) is 30.7 Å². The molecule has 0 radical (unpaired) electrons. The van der Waals surface area contributed by atoms with Gasteiger partial charge >= 0.3 is 6.18 Å². The van der Waals surface area contributed by atoms with Crippen LogP contribution in [-0.2, 0) is 11.0 Å². The van der Waals surface area contributed by atoms with Gasteiger partial charge < -0.3 is 10.6 Å². The molecule has 28 heavy (non-hydrogen) atoms. The maximum Gasteiger partial charge on any atom is 0.416 e. The van der Waals surface area contributed by atoms with Gasteiger partial charge in [0.05, 0.1) is 12.1 Å². The van der Waals surface area contributed by atoms with Gasteiger partial charge in [-0.05, 0) is 37.5 Å². The zero-order valence-electron chi connectivity index (χ0n) is 15.7. The zero-order chi connectivity index (χ0) is 20.1. The molecule has 2 fully saturated rings. The number of amides is 2. The van der Waals surface area contributed by atoms with E-state index in [1.165, 1.54) is 44.2 Å². The summed E-state index contributed by atoms with van der Waals surface area (Å²) in [6, 6.07) is 4.82. The lowest BCUT2D eigenvalue weighted by Crippen LogP contribution is -2.44. The molecule has 1 heterocycles. The van der Waals surface area contributed by atoms with Crippen LogP contribution < -0.4 is 10.6 Å². The Morgan fingerprint density at radius 1 is 1.11 bits per heavy atom. The molecule has 2 amide bonds. The summed E-state index contributed by atoms with van der Waals surface area (Å²) in [5.74, 6) is -1.02. The van der Waals surface area contributed by atoms with E-state index in [-0.39, 0.29) is 24.1 Å². The first kappa shape index (κ1) is 20.6. The van der Waals surface area contributed by atoms with Crippen LogP contribution in [-0.4, -0.2) is 48.4 Å². The van der Waals surface area contributed by atoms with Crippen molar-refractivity contribution in [3.8, 4) is 0 Å². The summed E-state index contributed by atoms with van der Waals surface area (Å²) in [6.07, 6.45) is 2.63. The van der Waals surface area contributed by atoms with Crippen LogP contribution in [0.25, 0.3) is 0 Å². The third-order valence-corrected chi connectivity index (χ3v) is 5.54. The van der Waals surface area contributed by atoms with Crippen molar-refractivity contribution in [2.45, 2.75) is 56.8 Å². The van der Waals surface area contributed by atoms with E-state index in [9.17, 15) is 22.8 Å². The molecule has 3 rings (SSSR count). The molecule has 1 atom stereocenters. The van der Waals surface area contributed by atoms with Crippen molar-refractivity contribution in [2.24, 2.45) is 0 Å². The van der Waals surface area contributed by atoms with Crippen LogP contribution in [0.5, 0.6) is 0 Å². The van der Waals surface area contributed by atoms with Gasteiger partial charge in [-0.3, -0.25) is 14.5 Å². The van der Waals surface area contributed by atoms with Crippen LogP contribution in [0.2, 0.25) is 0 Å². The van der Waals surface area contributed by atoms with Gasteiger partial charge in [-0.15, -0.1) is 0 Å². The molecule has 5 nitrogen and oxygen atoms in total. The summed E-state index contributed by atoms with van der Waals surface area (Å²) in [5.41, 5.74) is -1.01. The SMILES string of the molecule is O=C(CNC(=O)c1cccc(C(F)(F)F)c1)N[C@@H]1CCN(C2CCCCC2)C1. The lowest BCUT2D eigenvalue weighted by molar-refractivity contribution is -0.137. The summed E-state index contributed by atoms with van der Waals surface area (Å²) in [7, 11) is 0. The average Bonchev–Trinajstić information content (AvgIpc) is 3.14. The fraction of sp³-hybridized carbons (Fsp3) is 0.600. The van der Waals surface area contributed by atoms with Crippen molar-refractivity contribution in [1.82, 2.24) is 15.5 Å². The number of nitrogens with one attached hydrogen (secondary N) is 2. The number of carbonyl (C=O) groups is 2. The Morgan fingerprint density at radius 3 is 2.57 bits per heavy atom. The number of rotatable bonds is 5. The highest BCUT2D eigenvalue weighted by molar-refractivity contribution is 5.96. The van der Waals surface area contributed by atoms with Crippen molar-refractivity contribution in [2.75, 3.05) is 19.6 Å². The van der Waals surface area contributed by atoms with Crippen molar-refractivity contribution in [3.63, 3.8) is 0 Å². The molecule has 8 heteroatoms. The van der Waals surface area contributed by atoms with Crippen LogP contribution in [0, 0.1) is 0 Å². The molecule has 0 spiro atoms. The molecule has 1 aliphatic carbocycles. The largest absolute Gasteiger partial charge is 0.416 e. The molecular formula is C20H26F3N3O2. The molecule has 2 aliphatic rings. The minimum absolute atomic E-state index is 0.0554. The fourth-order valence-electron chi connectivity index (χ4n) is 4.06. The topological polar surface area (TPSA) is 61.4 Å². The molecular weight excluding hydrogens is 371 g/mol. The van der Waals surface area contributed by atoms with Gasteiger partial charge in [0.25, 0.3) is 5.91 Å². The Labute approximate surface area is 162 Å². The molecule has 1 aromatic carbocycles. The maximum atomic E-state index is 12.7. The normalized spacial score (nSPS) is 21.5. The summed E-state index contributed by atoms with van der Waals surface area (Å²) in [4.78, 5) is 26.6. The van der Waals surface area contributed by atoms with E-state index in [1.807, 2.05) is 0 Å². The first-order valence-electron chi connectivity index (χ1n) is 9.82. The first-order chi connectivity index (χ1) is 13.3. The highest BCUT2D eigenvalue weighted by Gasteiger charge is 2.31. The van der Waals surface area contributed by atoms with Crippen LogP contribution in [0.15, 0.2) is 24.3 Å². The Morgan fingerprint density at radius 2 is 1.86 bits per heavy atom. The number of carbonyl (C=O) groups excluding carboxylic acids is 2. The number of alkyl halides is 3. The molecule has 1 aliphatic heterocycles. The van der Waals surface area contributed by atoms with Crippen molar-refractivity contribution in [3.05, 3.63) is 35.4 Å². The third kappa shape index (κ3) is 5.47. The van der Waals surface area contributed by atoms with Crippen molar-refractivity contribution in [1.29, 1.82) is 0 Å². The second-order valence-electron chi connectivity index (χ2n) is 7.60. The Kier molecular flexibility index (Phi) is 6.59. The van der Waals surface area contributed by atoms with Gasteiger partial charge in [-0.25, -0.2) is 0 Å². The van der Waals surface area contributed by atoms with Gasteiger partial charge in [0.1, 0.15) is 0 Å². The number of benzene rings is 1. The Hall–Kier alpha value is -2.09. The number of hydrogen-bond donors (Lipinski definition) is 2. The second-order valence-corrected chi connectivity index (χ2v) is 7.60. The fourth-order valence-corrected chi connectivity index (χ4v) is 4.06. The molecule has 2 N–H and O–H groups in total. The Bertz CT molecular complexity index is 702. The predicted molar refractivity (Wildman–Crippen MR) is 98.8 cm³/mol. The summed E-state index contributed by atoms with van der Waals surface area (Å²) in [6.45, 7) is 1.53. The predicted octanol–water partition coefficient (Wildman–Crippen LogP) is 2.96. The molecule has 1 saturated carbocycles. The van der Waals surface area contributed by atoms with Crippen LogP contribution in [0.4, 0.5) is 13.2 Å². The molecule has 1 aromatic rings. The first-order valence-corrected chi connectivity index (χ1v) is 9.82. The van der Waals surface area contributed by atoms with E-state index in [1.54, 1.807) is 0 Å². The molecule has 154 valence electrons. The zero-order valence-corrected chi connectivity index (χ0v) is 15.7. The van der Waals surface area contributed by atoms with E-state index in [4.69, 9.17) is 0 Å². The molecule has 0 bridgehead atoms. The van der Waals surface area contributed by atoms with Gasteiger partial charge in [-0.1, -0.05) is 25.3 Å². The number of halogens is 3. The van der Waals surface area contributed by atoms with Gasteiger partial charge in [-0.2, -0.15) is 13.2 Å². The van der Waals surface area contributed by atoms with E-state index in [0.29, 0.717) is 6.04 Å². The molecule has 0 aromatic heterocycles. The number of nitrogens with zero attached hydrogens (tertiary/aromatic N) is 1. The smallest absolute Gasteiger partial charge is 0.350 e. The quantitative estimate of drug-likeness (QED) is 0.803. The standard InChI is InChI=1S/C20H26F3N3O2/c21-20(22,23)15-6-4-5-14(11-15)19(28)24-12-18(27)25-16-9-10-26(13-16)17-7-2-1-3-8-17/h4-6,11,16-17H,1-3,7-10,12-13H2,(H,24,28)(H,25,27)/t16-/m1/s1. The van der Waals surface area contributed by atoms with E-state index < -0.39 is 17.6 Å². The van der Waals surface area contributed by atoms with E-state index in [0.717, 1.165) is 31.6 Å². The third-order valence-electron chi connectivity index (χ3n) is 5.54. The van der Waals surface area contributed by atoms with E-state index >= 15 is 0 Å². The summed E-state index contributed by atoms with van der Waals surface area (Å²) < 4.78 is 38.2. The minimum Gasteiger partial charge on any atom is -0.350 e. The lowest BCUT2D eigenvalue weighted by Gasteiger charge is -2.31. The highest BCUT2D eigenvalue weighted by atomic mass is 19.4. The highest BCUT2D eigenvalue weighted by Crippen LogP contribution is 2.29. The summed E-state index contributed by atoms with van der Waals surface area (Å²) >= 11 is 0. The van der Waals surface area contributed by atoms with Crippen molar-refractivity contribution < 1.29 is 22.8 Å². The number of likely N-dealkylation sites (tertiary alicyclic amines) is 1. The number of hydrogen-bond acceptors (Lipinski definition) is 3.